The second-order valence-electron chi connectivity index (χ2n) is 3.87. The van der Waals surface area contributed by atoms with Crippen molar-refractivity contribution in [1.29, 1.82) is 0 Å². The summed E-state index contributed by atoms with van der Waals surface area (Å²) in [5, 5.41) is 0. The van der Waals surface area contributed by atoms with Crippen molar-refractivity contribution in [3.8, 4) is 11.3 Å². The van der Waals surface area contributed by atoms with Crippen molar-refractivity contribution in [2.75, 3.05) is 0 Å². The average Bonchev–Trinajstić information content (AvgIpc) is 2.34. The van der Waals surface area contributed by atoms with E-state index in [4.69, 9.17) is 0 Å². The molecule has 0 amide bonds. The van der Waals surface area contributed by atoms with E-state index in [1.165, 1.54) is 0 Å². The molecule has 2 nitrogen and oxygen atoms in total. The van der Waals surface area contributed by atoms with Gasteiger partial charge in [0.15, 0.2) is 17.5 Å². The highest BCUT2D eigenvalue weighted by Crippen LogP contribution is 2.31. The second kappa shape index (κ2) is 4.69. The predicted molar refractivity (Wildman–Crippen MR) is 57.4 cm³/mol. The lowest BCUT2D eigenvalue weighted by molar-refractivity contribution is -0.137. The molecular formula is C12H5F6NO. The number of nitrogens with one attached hydrogen (secondary N) is 1. The third kappa shape index (κ3) is 2.54. The number of H-pyrrole nitrogens is 1. The molecule has 0 bridgehead atoms. The van der Waals surface area contributed by atoms with Gasteiger partial charge in [-0.15, -0.1) is 0 Å². The Morgan fingerprint density at radius 3 is 2.20 bits per heavy atom. The maximum Gasteiger partial charge on any atom is 0.416 e. The van der Waals surface area contributed by atoms with Crippen molar-refractivity contribution >= 4 is 0 Å². The van der Waals surface area contributed by atoms with Gasteiger partial charge >= 0.3 is 6.18 Å². The van der Waals surface area contributed by atoms with Gasteiger partial charge in [0.2, 0.25) is 5.56 Å². The molecule has 0 radical (unpaired) electrons. The first-order chi connectivity index (χ1) is 9.20. The third-order valence-electron chi connectivity index (χ3n) is 2.50. The molecule has 0 aliphatic carbocycles. The van der Waals surface area contributed by atoms with E-state index in [1.807, 2.05) is 4.98 Å². The van der Waals surface area contributed by atoms with E-state index in [9.17, 15) is 31.1 Å². The zero-order valence-corrected chi connectivity index (χ0v) is 9.49. The number of hydrogen-bond donors (Lipinski definition) is 1. The van der Waals surface area contributed by atoms with E-state index >= 15 is 0 Å². The van der Waals surface area contributed by atoms with Crippen molar-refractivity contribution in [2.45, 2.75) is 6.18 Å². The summed E-state index contributed by atoms with van der Waals surface area (Å²) < 4.78 is 76.9. The fourth-order valence-corrected chi connectivity index (χ4v) is 1.59. The summed E-state index contributed by atoms with van der Waals surface area (Å²) in [6, 6.07) is 2.00. The van der Waals surface area contributed by atoms with Gasteiger partial charge in [-0.25, -0.2) is 13.2 Å². The highest BCUT2D eigenvalue weighted by molar-refractivity contribution is 5.60. The number of alkyl halides is 3. The minimum atomic E-state index is -4.82. The van der Waals surface area contributed by atoms with Crippen molar-refractivity contribution < 1.29 is 26.3 Å². The summed E-state index contributed by atoms with van der Waals surface area (Å²) in [7, 11) is 0. The van der Waals surface area contributed by atoms with Crippen LogP contribution in [0.4, 0.5) is 26.3 Å². The van der Waals surface area contributed by atoms with Crippen molar-refractivity contribution in [2.24, 2.45) is 0 Å². The highest BCUT2D eigenvalue weighted by atomic mass is 19.4. The van der Waals surface area contributed by atoms with E-state index in [2.05, 4.69) is 0 Å². The maximum absolute atomic E-state index is 13.5. The molecule has 20 heavy (non-hydrogen) atoms. The Bertz CT molecular complexity index is 719. The lowest BCUT2D eigenvalue weighted by Crippen LogP contribution is -2.14. The molecule has 0 unspecified atom stereocenters. The van der Waals surface area contributed by atoms with Gasteiger partial charge in [0, 0.05) is 11.6 Å². The molecule has 2 aromatic rings. The Labute approximate surface area is 107 Å². The van der Waals surface area contributed by atoms with Crippen molar-refractivity contribution in [1.82, 2.24) is 4.98 Å². The summed E-state index contributed by atoms with van der Waals surface area (Å²) in [4.78, 5) is 13.1. The Morgan fingerprint density at radius 2 is 1.60 bits per heavy atom. The van der Waals surface area contributed by atoms with E-state index in [0.29, 0.717) is 12.1 Å². The summed E-state index contributed by atoms with van der Waals surface area (Å²) in [6.07, 6.45) is -4.82. The Kier molecular flexibility index (Phi) is 3.33. The van der Waals surface area contributed by atoms with Crippen LogP contribution in [-0.2, 0) is 6.18 Å². The third-order valence-corrected chi connectivity index (χ3v) is 2.50. The predicted octanol–water partition coefficient (Wildman–Crippen LogP) is 3.48. The largest absolute Gasteiger partial charge is 0.416 e. The molecule has 0 atom stereocenters. The number of hydrogen-bond acceptors (Lipinski definition) is 1. The molecule has 1 aromatic carbocycles. The van der Waals surface area contributed by atoms with Gasteiger partial charge in [-0.05, 0) is 18.2 Å². The first-order valence-corrected chi connectivity index (χ1v) is 5.15. The van der Waals surface area contributed by atoms with Crippen LogP contribution >= 0.6 is 0 Å². The quantitative estimate of drug-likeness (QED) is 0.633. The zero-order chi connectivity index (χ0) is 15.1. The maximum atomic E-state index is 13.5. The minimum absolute atomic E-state index is 0.279. The zero-order valence-electron chi connectivity index (χ0n) is 9.49. The fraction of sp³-hybridized carbons (Fsp3) is 0.0833. The van der Waals surface area contributed by atoms with E-state index in [-0.39, 0.29) is 6.07 Å². The highest BCUT2D eigenvalue weighted by Gasteiger charge is 2.31. The topological polar surface area (TPSA) is 32.9 Å². The van der Waals surface area contributed by atoms with Gasteiger partial charge in [0.1, 0.15) is 0 Å². The molecule has 0 saturated carbocycles. The minimum Gasteiger partial charge on any atom is -0.322 e. The van der Waals surface area contributed by atoms with Crippen LogP contribution in [0.15, 0.2) is 29.1 Å². The van der Waals surface area contributed by atoms with Crippen LogP contribution in [-0.4, -0.2) is 4.98 Å². The molecule has 0 fully saturated rings. The smallest absolute Gasteiger partial charge is 0.322 e. The van der Waals surface area contributed by atoms with Crippen LogP contribution in [0, 0.1) is 17.5 Å². The number of halogens is 6. The van der Waals surface area contributed by atoms with Crippen LogP contribution in [0.3, 0.4) is 0 Å². The molecule has 0 aliphatic heterocycles. The number of aromatic nitrogens is 1. The Balaban J connectivity index is 2.68. The van der Waals surface area contributed by atoms with E-state index < -0.39 is 46.0 Å². The van der Waals surface area contributed by atoms with E-state index in [1.54, 1.807) is 0 Å². The van der Waals surface area contributed by atoms with Crippen LogP contribution in [0.25, 0.3) is 11.3 Å². The number of pyridine rings is 1. The first kappa shape index (κ1) is 14.2. The molecule has 8 heteroatoms. The monoisotopic (exact) mass is 293 g/mol. The molecule has 0 spiro atoms. The molecule has 106 valence electrons. The van der Waals surface area contributed by atoms with Crippen molar-refractivity contribution in [3.63, 3.8) is 0 Å². The molecule has 2 rings (SSSR count). The fourth-order valence-electron chi connectivity index (χ4n) is 1.59. The van der Waals surface area contributed by atoms with Gasteiger partial charge in [-0.3, -0.25) is 4.79 Å². The molecular weight excluding hydrogens is 288 g/mol. The first-order valence-electron chi connectivity index (χ1n) is 5.15. The molecule has 1 N–H and O–H groups in total. The van der Waals surface area contributed by atoms with E-state index in [0.717, 1.165) is 6.07 Å². The number of rotatable bonds is 1. The summed E-state index contributed by atoms with van der Waals surface area (Å²) >= 11 is 0. The lowest BCUT2D eigenvalue weighted by Gasteiger charge is -2.09. The SMILES string of the molecule is O=c1cc(C(F)(F)F)cc(-c2ccc(F)c(F)c2F)[nH]1. The summed E-state index contributed by atoms with van der Waals surface area (Å²) in [5.74, 6) is -5.00. The van der Waals surface area contributed by atoms with Gasteiger partial charge in [-0.2, -0.15) is 13.2 Å². The second-order valence-corrected chi connectivity index (χ2v) is 3.87. The van der Waals surface area contributed by atoms with Crippen LogP contribution in [0.2, 0.25) is 0 Å². The Hall–Kier alpha value is -2.25. The van der Waals surface area contributed by atoms with Crippen LogP contribution < -0.4 is 5.56 Å². The molecule has 1 aromatic heterocycles. The summed E-state index contributed by atoms with van der Waals surface area (Å²) in [5.41, 5.74) is -3.73. The molecule has 0 aliphatic rings. The van der Waals surface area contributed by atoms with Gasteiger partial charge < -0.3 is 4.98 Å². The number of benzene rings is 1. The van der Waals surface area contributed by atoms with Gasteiger partial charge in [-0.1, -0.05) is 0 Å². The normalized spacial score (nSPS) is 11.7. The average molecular weight is 293 g/mol. The van der Waals surface area contributed by atoms with Crippen molar-refractivity contribution in [3.05, 3.63) is 57.6 Å². The van der Waals surface area contributed by atoms with Gasteiger partial charge in [0.25, 0.3) is 0 Å². The van der Waals surface area contributed by atoms with Crippen LogP contribution in [0.1, 0.15) is 5.56 Å². The molecule has 1 heterocycles. The standard InChI is InChI=1S/C12H5F6NO/c13-7-2-1-6(10(14)11(7)15)8-3-5(12(16,17)18)4-9(20)19-8/h1-4H,(H,19,20). The summed E-state index contributed by atoms with van der Waals surface area (Å²) in [6.45, 7) is 0. The van der Waals surface area contributed by atoms with Crippen LogP contribution in [0.5, 0.6) is 0 Å². The van der Waals surface area contributed by atoms with Gasteiger partial charge in [0.05, 0.1) is 11.3 Å². The Morgan fingerprint density at radius 1 is 0.950 bits per heavy atom. The lowest BCUT2D eigenvalue weighted by atomic mass is 10.1. The number of aromatic amines is 1. The molecule has 0 saturated heterocycles.